The number of carbonyl (C=O) groups is 2. The summed E-state index contributed by atoms with van der Waals surface area (Å²) in [5, 5.41) is 8.87. The quantitative estimate of drug-likeness (QED) is 0.933. The fourth-order valence-electron chi connectivity index (χ4n) is 2.42. The molecule has 0 aromatic carbocycles. The highest BCUT2D eigenvalue weighted by Crippen LogP contribution is 2.27. The van der Waals surface area contributed by atoms with Crippen LogP contribution in [-0.4, -0.2) is 41.6 Å². The monoisotopic (exact) mass is 305 g/mol. The van der Waals surface area contributed by atoms with Gasteiger partial charge in [0, 0.05) is 6.54 Å². The molecule has 0 spiro atoms. The van der Waals surface area contributed by atoms with Gasteiger partial charge in [-0.15, -0.1) is 0 Å². The van der Waals surface area contributed by atoms with Crippen LogP contribution >= 0.6 is 0 Å². The first kappa shape index (κ1) is 14.4. The van der Waals surface area contributed by atoms with Gasteiger partial charge in [0.05, 0.1) is 13.2 Å². The van der Waals surface area contributed by atoms with Crippen LogP contribution in [0.4, 0.5) is 0 Å². The maximum Gasteiger partial charge on any atom is 0.371 e. The van der Waals surface area contributed by atoms with Crippen molar-refractivity contribution < 1.29 is 28.3 Å². The molecule has 0 radical (unpaired) electrons. The third-order valence-electron chi connectivity index (χ3n) is 3.51. The number of nitrogens with zero attached hydrogens (tertiary/aromatic N) is 1. The minimum Gasteiger partial charge on any atom is -0.475 e. The van der Waals surface area contributed by atoms with Gasteiger partial charge < -0.3 is 23.6 Å². The number of carboxylic acids is 1. The van der Waals surface area contributed by atoms with E-state index in [4.69, 9.17) is 18.7 Å². The Bertz CT molecular complexity index is 700. The van der Waals surface area contributed by atoms with Crippen molar-refractivity contribution >= 4 is 11.9 Å². The second kappa shape index (κ2) is 5.69. The molecule has 0 saturated carbocycles. The molecule has 0 aliphatic carbocycles. The molecule has 7 nitrogen and oxygen atoms in total. The average Bonchev–Trinajstić information content (AvgIpc) is 3.15. The average molecular weight is 305 g/mol. The highest BCUT2D eigenvalue weighted by atomic mass is 16.5. The summed E-state index contributed by atoms with van der Waals surface area (Å²) in [5.41, 5.74) is 0. The summed E-state index contributed by atoms with van der Waals surface area (Å²) in [7, 11) is 0. The van der Waals surface area contributed by atoms with E-state index in [1.807, 2.05) is 13.0 Å². The van der Waals surface area contributed by atoms with E-state index < -0.39 is 5.97 Å². The number of hydrogen-bond donors (Lipinski definition) is 1. The smallest absolute Gasteiger partial charge is 0.371 e. The van der Waals surface area contributed by atoms with E-state index in [0.717, 1.165) is 5.76 Å². The van der Waals surface area contributed by atoms with E-state index in [0.29, 0.717) is 25.5 Å². The molecule has 1 fully saturated rings. The number of morpholine rings is 1. The summed E-state index contributed by atoms with van der Waals surface area (Å²) in [6.45, 7) is 2.94. The molecule has 1 N–H and O–H groups in total. The summed E-state index contributed by atoms with van der Waals surface area (Å²) in [5.74, 6) is -0.474. The summed E-state index contributed by atoms with van der Waals surface area (Å²) in [6.07, 6.45) is 0. The molecule has 1 saturated heterocycles. The number of furan rings is 2. The van der Waals surface area contributed by atoms with Crippen molar-refractivity contribution in [3.8, 4) is 0 Å². The van der Waals surface area contributed by atoms with Crippen LogP contribution in [0.5, 0.6) is 0 Å². The van der Waals surface area contributed by atoms with Crippen LogP contribution in [0, 0.1) is 6.92 Å². The molecule has 1 aliphatic rings. The fraction of sp³-hybridized carbons (Fsp3) is 0.333. The van der Waals surface area contributed by atoms with E-state index in [1.165, 1.54) is 12.1 Å². The minimum atomic E-state index is -1.21. The first-order valence-electron chi connectivity index (χ1n) is 6.84. The van der Waals surface area contributed by atoms with Crippen molar-refractivity contribution in [2.24, 2.45) is 0 Å². The first-order chi connectivity index (χ1) is 10.6. The fourth-order valence-corrected chi connectivity index (χ4v) is 2.42. The van der Waals surface area contributed by atoms with Crippen molar-refractivity contribution in [3.05, 3.63) is 47.3 Å². The summed E-state index contributed by atoms with van der Waals surface area (Å²) in [4.78, 5) is 25.0. The van der Waals surface area contributed by atoms with Gasteiger partial charge in [-0.05, 0) is 31.2 Å². The molecule has 22 heavy (non-hydrogen) atoms. The normalized spacial score (nSPS) is 18.4. The van der Waals surface area contributed by atoms with Crippen molar-refractivity contribution in [1.29, 1.82) is 0 Å². The third-order valence-corrected chi connectivity index (χ3v) is 3.51. The van der Waals surface area contributed by atoms with Crippen LogP contribution in [0.25, 0.3) is 0 Å². The zero-order chi connectivity index (χ0) is 15.7. The Morgan fingerprint density at radius 1 is 1.18 bits per heavy atom. The van der Waals surface area contributed by atoms with Gasteiger partial charge in [-0.2, -0.15) is 0 Å². The predicted octanol–water partition coefficient (Wildman–Crippen LogP) is 2.09. The zero-order valence-electron chi connectivity index (χ0n) is 11.9. The lowest BCUT2D eigenvalue weighted by molar-refractivity contribution is -0.0105. The molecule has 1 unspecified atom stereocenters. The van der Waals surface area contributed by atoms with Crippen molar-refractivity contribution in [3.63, 3.8) is 0 Å². The minimum absolute atomic E-state index is 0.00687. The van der Waals surface area contributed by atoms with Gasteiger partial charge in [0.25, 0.3) is 5.91 Å². The number of ether oxygens (including phenoxy) is 1. The van der Waals surface area contributed by atoms with E-state index in [9.17, 15) is 9.59 Å². The molecule has 3 heterocycles. The second-order valence-electron chi connectivity index (χ2n) is 5.01. The van der Waals surface area contributed by atoms with Gasteiger partial charge >= 0.3 is 5.97 Å². The Hall–Kier alpha value is -2.54. The van der Waals surface area contributed by atoms with Crippen LogP contribution < -0.4 is 0 Å². The maximum absolute atomic E-state index is 12.6. The Morgan fingerprint density at radius 2 is 1.95 bits per heavy atom. The van der Waals surface area contributed by atoms with E-state index in [-0.39, 0.29) is 23.5 Å². The van der Waals surface area contributed by atoms with Crippen LogP contribution in [0.2, 0.25) is 0 Å². The number of amides is 1. The Labute approximate surface area is 126 Å². The molecule has 3 rings (SSSR count). The van der Waals surface area contributed by atoms with Gasteiger partial charge in [-0.3, -0.25) is 4.79 Å². The zero-order valence-corrected chi connectivity index (χ0v) is 11.9. The van der Waals surface area contributed by atoms with E-state index >= 15 is 0 Å². The molecule has 1 atom stereocenters. The molecule has 2 aromatic heterocycles. The van der Waals surface area contributed by atoms with Gasteiger partial charge in [-0.25, -0.2) is 4.79 Å². The number of aromatic carboxylic acids is 1. The predicted molar refractivity (Wildman–Crippen MR) is 73.7 cm³/mol. The van der Waals surface area contributed by atoms with Crippen LogP contribution in [0.3, 0.4) is 0 Å². The molecule has 116 valence electrons. The molecule has 2 aromatic rings. The number of rotatable bonds is 3. The van der Waals surface area contributed by atoms with Crippen LogP contribution in [-0.2, 0) is 4.74 Å². The number of hydrogen-bond acceptors (Lipinski definition) is 5. The molecule has 1 aliphatic heterocycles. The molecular formula is C15H15NO6. The maximum atomic E-state index is 12.6. The summed E-state index contributed by atoms with van der Waals surface area (Å²) < 4.78 is 16.1. The van der Waals surface area contributed by atoms with Crippen molar-refractivity contribution in [1.82, 2.24) is 4.90 Å². The van der Waals surface area contributed by atoms with Crippen molar-refractivity contribution in [2.45, 2.75) is 13.0 Å². The van der Waals surface area contributed by atoms with Crippen LogP contribution in [0.1, 0.15) is 38.7 Å². The number of carboxylic acid groups (broad SMARTS) is 1. The highest BCUT2D eigenvalue weighted by molar-refractivity contribution is 5.93. The lowest BCUT2D eigenvalue weighted by atomic mass is 10.1. The summed E-state index contributed by atoms with van der Waals surface area (Å²) in [6, 6.07) is 5.91. The summed E-state index contributed by atoms with van der Waals surface area (Å²) >= 11 is 0. The van der Waals surface area contributed by atoms with Gasteiger partial charge in [0.2, 0.25) is 5.76 Å². The Morgan fingerprint density at radius 3 is 2.59 bits per heavy atom. The topological polar surface area (TPSA) is 93.1 Å². The molecular weight excluding hydrogens is 290 g/mol. The molecule has 0 bridgehead atoms. The SMILES string of the molecule is Cc1ccc(C2COCCN2C(=O)c2ccc(C(=O)O)o2)o1. The standard InChI is InChI=1S/C15H15NO6/c1-9-2-3-11(21-9)10-8-20-7-6-16(10)14(17)12-4-5-13(22-12)15(18)19/h2-5,10H,6-8H2,1H3,(H,18,19). The third kappa shape index (κ3) is 2.62. The first-order valence-corrected chi connectivity index (χ1v) is 6.84. The number of carbonyl (C=O) groups excluding carboxylic acids is 1. The largest absolute Gasteiger partial charge is 0.475 e. The van der Waals surface area contributed by atoms with E-state index in [2.05, 4.69) is 0 Å². The van der Waals surface area contributed by atoms with Crippen molar-refractivity contribution in [2.75, 3.05) is 19.8 Å². The highest BCUT2D eigenvalue weighted by Gasteiger charge is 2.33. The molecule has 1 amide bonds. The van der Waals surface area contributed by atoms with Gasteiger partial charge in [0.1, 0.15) is 17.6 Å². The lowest BCUT2D eigenvalue weighted by Gasteiger charge is -2.33. The lowest BCUT2D eigenvalue weighted by Crippen LogP contribution is -2.43. The Kier molecular flexibility index (Phi) is 3.72. The number of aryl methyl sites for hydroxylation is 1. The van der Waals surface area contributed by atoms with Gasteiger partial charge in [-0.1, -0.05) is 0 Å². The van der Waals surface area contributed by atoms with E-state index in [1.54, 1.807) is 11.0 Å². The second-order valence-corrected chi connectivity index (χ2v) is 5.01. The Balaban J connectivity index is 1.86. The van der Waals surface area contributed by atoms with Crippen LogP contribution in [0.15, 0.2) is 33.1 Å². The molecule has 7 heteroatoms. The van der Waals surface area contributed by atoms with Gasteiger partial charge in [0.15, 0.2) is 5.76 Å².